The molecule has 0 radical (unpaired) electrons. The van der Waals surface area contributed by atoms with Crippen molar-refractivity contribution < 1.29 is 4.79 Å². The summed E-state index contributed by atoms with van der Waals surface area (Å²) in [5.41, 5.74) is 0.887. The highest BCUT2D eigenvalue weighted by molar-refractivity contribution is 6.31. The third kappa shape index (κ3) is 4.09. The second kappa shape index (κ2) is 7.09. The zero-order chi connectivity index (χ0) is 14.4. The van der Waals surface area contributed by atoms with Crippen LogP contribution in [0.4, 0.5) is 0 Å². The van der Waals surface area contributed by atoms with E-state index in [1.54, 1.807) is 17.1 Å². The van der Waals surface area contributed by atoms with Gasteiger partial charge in [-0.3, -0.25) is 14.2 Å². The fraction of sp³-hybridized carbons (Fsp3) is 0.462. The summed E-state index contributed by atoms with van der Waals surface area (Å²) < 4.78 is 3.59. The van der Waals surface area contributed by atoms with E-state index in [2.05, 4.69) is 15.5 Å². The van der Waals surface area contributed by atoms with Crippen LogP contribution in [0.25, 0.3) is 0 Å². The van der Waals surface area contributed by atoms with Crippen LogP contribution in [0.3, 0.4) is 0 Å². The highest BCUT2D eigenvalue weighted by Crippen LogP contribution is 2.13. The predicted molar refractivity (Wildman–Crippen MR) is 76.4 cm³/mol. The topological polar surface area (TPSA) is 64.7 Å². The molecule has 7 heteroatoms. The van der Waals surface area contributed by atoms with Crippen molar-refractivity contribution in [3.05, 3.63) is 35.4 Å². The van der Waals surface area contributed by atoms with Crippen LogP contribution in [0.1, 0.15) is 18.5 Å². The molecular formula is C13H18ClN5O. The van der Waals surface area contributed by atoms with Crippen molar-refractivity contribution in [1.29, 1.82) is 0 Å². The Balaban J connectivity index is 1.62. The fourth-order valence-electron chi connectivity index (χ4n) is 1.85. The fourth-order valence-corrected chi connectivity index (χ4v) is 1.99. The first-order valence-corrected chi connectivity index (χ1v) is 6.96. The number of aryl methyl sites for hydroxylation is 2. The molecule has 0 fully saturated rings. The van der Waals surface area contributed by atoms with Crippen molar-refractivity contribution in [3.8, 4) is 0 Å². The van der Waals surface area contributed by atoms with Gasteiger partial charge in [-0.25, -0.2) is 0 Å². The van der Waals surface area contributed by atoms with Crippen molar-refractivity contribution in [2.24, 2.45) is 0 Å². The standard InChI is InChI=1S/C13H18ClN5O/c1-11-12(14)10-17-19(11)9-4-13(20)15-5-2-7-18-8-3-6-16-18/h3,6,8,10H,2,4-5,7,9H2,1H3,(H,15,20). The van der Waals surface area contributed by atoms with Gasteiger partial charge in [-0.2, -0.15) is 10.2 Å². The predicted octanol–water partition coefficient (Wildman–Crippen LogP) is 1.64. The van der Waals surface area contributed by atoms with Crippen molar-refractivity contribution in [2.45, 2.75) is 32.9 Å². The first-order chi connectivity index (χ1) is 9.66. The zero-order valence-corrected chi connectivity index (χ0v) is 12.2. The maximum absolute atomic E-state index is 11.7. The summed E-state index contributed by atoms with van der Waals surface area (Å²) in [7, 11) is 0. The Kier molecular flexibility index (Phi) is 5.17. The van der Waals surface area contributed by atoms with E-state index >= 15 is 0 Å². The van der Waals surface area contributed by atoms with Gasteiger partial charge in [0.2, 0.25) is 5.91 Å². The van der Waals surface area contributed by atoms with E-state index < -0.39 is 0 Å². The van der Waals surface area contributed by atoms with Crippen molar-refractivity contribution in [2.75, 3.05) is 6.54 Å². The second-order valence-electron chi connectivity index (χ2n) is 4.52. The number of carbonyl (C=O) groups excluding carboxylic acids is 1. The molecule has 2 rings (SSSR count). The van der Waals surface area contributed by atoms with Crippen molar-refractivity contribution >= 4 is 17.5 Å². The summed E-state index contributed by atoms with van der Waals surface area (Å²) in [6.45, 7) is 3.89. The molecule has 2 aromatic rings. The summed E-state index contributed by atoms with van der Waals surface area (Å²) in [5.74, 6) is 0.0245. The summed E-state index contributed by atoms with van der Waals surface area (Å²) >= 11 is 5.90. The van der Waals surface area contributed by atoms with Crippen molar-refractivity contribution in [1.82, 2.24) is 24.9 Å². The number of halogens is 1. The lowest BCUT2D eigenvalue weighted by Gasteiger charge is -2.07. The summed E-state index contributed by atoms with van der Waals surface area (Å²) in [5, 5.41) is 11.7. The second-order valence-corrected chi connectivity index (χ2v) is 4.93. The highest BCUT2D eigenvalue weighted by atomic mass is 35.5. The van der Waals surface area contributed by atoms with E-state index in [-0.39, 0.29) is 5.91 Å². The molecule has 2 aromatic heterocycles. The number of nitrogens with one attached hydrogen (secondary N) is 1. The minimum absolute atomic E-state index is 0.0245. The number of nitrogens with zero attached hydrogens (tertiary/aromatic N) is 4. The van der Waals surface area contributed by atoms with Gasteiger partial charge in [0.25, 0.3) is 0 Å². The Bertz CT molecular complexity index is 549. The maximum Gasteiger partial charge on any atom is 0.221 e. The lowest BCUT2D eigenvalue weighted by molar-refractivity contribution is -0.121. The molecule has 0 bridgehead atoms. The van der Waals surface area contributed by atoms with Crippen LogP contribution in [0, 0.1) is 6.92 Å². The van der Waals surface area contributed by atoms with Gasteiger partial charge < -0.3 is 5.32 Å². The average molecular weight is 296 g/mol. The molecule has 0 aliphatic rings. The van der Waals surface area contributed by atoms with E-state index in [0.717, 1.165) is 18.7 Å². The van der Waals surface area contributed by atoms with Gasteiger partial charge in [-0.1, -0.05) is 11.6 Å². The molecule has 0 atom stereocenters. The molecule has 0 saturated heterocycles. The molecule has 1 N–H and O–H groups in total. The molecule has 20 heavy (non-hydrogen) atoms. The molecular weight excluding hydrogens is 278 g/mol. The Hall–Kier alpha value is -1.82. The molecule has 0 aliphatic heterocycles. The first kappa shape index (κ1) is 14.6. The molecule has 1 amide bonds. The molecule has 0 aromatic carbocycles. The minimum Gasteiger partial charge on any atom is -0.356 e. The Morgan fingerprint density at radius 3 is 2.90 bits per heavy atom. The molecule has 6 nitrogen and oxygen atoms in total. The quantitative estimate of drug-likeness (QED) is 0.790. The first-order valence-electron chi connectivity index (χ1n) is 6.59. The third-order valence-corrected chi connectivity index (χ3v) is 3.41. The van der Waals surface area contributed by atoms with Gasteiger partial charge >= 0.3 is 0 Å². The Morgan fingerprint density at radius 1 is 1.40 bits per heavy atom. The number of hydrogen-bond donors (Lipinski definition) is 1. The lowest BCUT2D eigenvalue weighted by Crippen LogP contribution is -2.26. The van der Waals surface area contributed by atoms with Crippen LogP contribution < -0.4 is 5.32 Å². The Labute approximate surface area is 122 Å². The zero-order valence-electron chi connectivity index (χ0n) is 11.4. The van der Waals surface area contributed by atoms with Crippen LogP contribution in [0.2, 0.25) is 5.02 Å². The number of carbonyl (C=O) groups is 1. The number of rotatable bonds is 7. The van der Waals surface area contributed by atoms with E-state index in [0.29, 0.717) is 24.5 Å². The lowest BCUT2D eigenvalue weighted by atomic mass is 10.3. The van der Waals surface area contributed by atoms with Gasteiger partial charge in [-0.15, -0.1) is 0 Å². The van der Waals surface area contributed by atoms with Gasteiger partial charge in [0.05, 0.1) is 23.5 Å². The number of amides is 1. The monoisotopic (exact) mass is 295 g/mol. The summed E-state index contributed by atoms with van der Waals surface area (Å²) in [6.07, 6.45) is 6.52. The molecule has 0 aliphatic carbocycles. The summed E-state index contributed by atoms with van der Waals surface area (Å²) in [4.78, 5) is 11.7. The molecule has 0 saturated carbocycles. The molecule has 108 valence electrons. The molecule has 2 heterocycles. The van der Waals surface area contributed by atoms with Gasteiger partial charge in [-0.05, 0) is 19.4 Å². The van der Waals surface area contributed by atoms with E-state index in [1.165, 1.54) is 0 Å². The number of hydrogen-bond acceptors (Lipinski definition) is 3. The largest absolute Gasteiger partial charge is 0.356 e. The Morgan fingerprint density at radius 2 is 2.25 bits per heavy atom. The van der Waals surface area contributed by atoms with Gasteiger partial charge in [0.15, 0.2) is 0 Å². The van der Waals surface area contributed by atoms with E-state index in [1.807, 2.05) is 23.9 Å². The summed E-state index contributed by atoms with van der Waals surface area (Å²) in [6, 6.07) is 1.89. The molecule has 0 unspecified atom stereocenters. The SMILES string of the molecule is Cc1c(Cl)cnn1CCC(=O)NCCCn1cccn1. The normalized spacial score (nSPS) is 10.7. The van der Waals surface area contributed by atoms with Crippen LogP contribution in [-0.4, -0.2) is 32.0 Å². The van der Waals surface area contributed by atoms with Crippen LogP contribution in [0.5, 0.6) is 0 Å². The maximum atomic E-state index is 11.7. The minimum atomic E-state index is 0.0245. The average Bonchev–Trinajstić information content (AvgIpc) is 3.05. The van der Waals surface area contributed by atoms with Crippen LogP contribution in [0.15, 0.2) is 24.7 Å². The van der Waals surface area contributed by atoms with Gasteiger partial charge in [0.1, 0.15) is 0 Å². The van der Waals surface area contributed by atoms with E-state index in [4.69, 9.17) is 11.6 Å². The third-order valence-electron chi connectivity index (χ3n) is 3.04. The van der Waals surface area contributed by atoms with Gasteiger partial charge in [0, 0.05) is 31.9 Å². The van der Waals surface area contributed by atoms with Crippen LogP contribution >= 0.6 is 11.6 Å². The van der Waals surface area contributed by atoms with E-state index in [9.17, 15) is 4.79 Å². The smallest absolute Gasteiger partial charge is 0.221 e. The highest BCUT2D eigenvalue weighted by Gasteiger charge is 2.06. The van der Waals surface area contributed by atoms with Crippen molar-refractivity contribution in [3.63, 3.8) is 0 Å². The number of aromatic nitrogens is 4. The molecule has 0 spiro atoms. The van der Waals surface area contributed by atoms with Crippen LogP contribution in [-0.2, 0) is 17.9 Å².